The summed E-state index contributed by atoms with van der Waals surface area (Å²) in [6.07, 6.45) is 7.08. The number of carbonyl (C=O) groups is 1. The normalized spacial score (nSPS) is 22.9. The van der Waals surface area contributed by atoms with Crippen molar-refractivity contribution in [1.29, 1.82) is 0 Å². The Labute approximate surface area is 114 Å². The highest BCUT2D eigenvalue weighted by Gasteiger charge is 2.32. The largest absolute Gasteiger partial charge is 0.481 e. The molecule has 0 heterocycles. The molecule has 0 bridgehead atoms. The van der Waals surface area contributed by atoms with E-state index in [1.165, 1.54) is 5.56 Å². The summed E-state index contributed by atoms with van der Waals surface area (Å²) in [6, 6.07) is 10.2. The minimum absolute atomic E-state index is 0.148. The van der Waals surface area contributed by atoms with Gasteiger partial charge in [-0.25, -0.2) is 0 Å². The van der Waals surface area contributed by atoms with Crippen molar-refractivity contribution in [3.63, 3.8) is 0 Å². The Morgan fingerprint density at radius 2 is 2.11 bits per heavy atom. The fourth-order valence-electron chi connectivity index (χ4n) is 2.72. The molecule has 0 spiro atoms. The zero-order valence-corrected chi connectivity index (χ0v) is 11.1. The number of carboxylic acids is 1. The van der Waals surface area contributed by atoms with Gasteiger partial charge in [-0.2, -0.15) is 0 Å². The molecule has 0 amide bonds. The molecule has 2 atom stereocenters. The Kier molecular flexibility index (Phi) is 5.16. The zero-order chi connectivity index (χ0) is 13.5. The highest BCUT2D eigenvalue weighted by Crippen LogP contribution is 2.31. The standard InChI is InChI=1S/C16H21NO2/c18-16(19)15-10-4-9-14(15)12-17-11-5-8-13-6-2-1-3-7-13/h1-3,5-8,14-15,17H,4,9-12H2,(H,18,19)/b8-5+. The Morgan fingerprint density at radius 3 is 2.84 bits per heavy atom. The summed E-state index contributed by atoms with van der Waals surface area (Å²) in [5.41, 5.74) is 1.19. The Hall–Kier alpha value is -1.61. The predicted molar refractivity (Wildman–Crippen MR) is 76.8 cm³/mol. The van der Waals surface area contributed by atoms with Gasteiger partial charge in [0.1, 0.15) is 0 Å². The number of aliphatic carboxylic acids is 1. The van der Waals surface area contributed by atoms with Gasteiger partial charge < -0.3 is 10.4 Å². The number of nitrogens with one attached hydrogen (secondary N) is 1. The van der Waals surface area contributed by atoms with Crippen molar-refractivity contribution in [2.24, 2.45) is 11.8 Å². The summed E-state index contributed by atoms with van der Waals surface area (Å²) < 4.78 is 0. The van der Waals surface area contributed by atoms with Gasteiger partial charge in [-0.15, -0.1) is 0 Å². The predicted octanol–water partition coefficient (Wildman–Crippen LogP) is 2.79. The van der Waals surface area contributed by atoms with E-state index in [1.54, 1.807) is 0 Å². The summed E-state index contributed by atoms with van der Waals surface area (Å²) in [7, 11) is 0. The minimum Gasteiger partial charge on any atom is -0.481 e. The van der Waals surface area contributed by atoms with Crippen LogP contribution < -0.4 is 5.32 Å². The number of hydrogen-bond donors (Lipinski definition) is 2. The lowest BCUT2D eigenvalue weighted by Crippen LogP contribution is -2.29. The van der Waals surface area contributed by atoms with Gasteiger partial charge in [0.25, 0.3) is 0 Å². The van der Waals surface area contributed by atoms with Crippen LogP contribution in [-0.4, -0.2) is 24.2 Å². The van der Waals surface area contributed by atoms with Crippen molar-refractivity contribution in [1.82, 2.24) is 5.32 Å². The van der Waals surface area contributed by atoms with Gasteiger partial charge in [0.2, 0.25) is 0 Å². The smallest absolute Gasteiger partial charge is 0.306 e. The minimum atomic E-state index is -0.635. The molecular weight excluding hydrogens is 238 g/mol. The van der Waals surface area contributed by atoms with E-state index in [0.717, 1.165) is 32.4 Å². The van der Waals surface area contributed by atoms with Gasteiger partial charge in [-0.05, 0) is 30.9 Å². The Balaban J connectivity index is 1.69. The van der Waals surface area contributed by atoms with E-state index >= 15 is 0 Å². The van der Waals surface area contributed by atoms with E-state index < -0.39 is 5.97 Å². The highest BCUT2D eigenvalue weighted by atomic mass is 16.4. The molecule has 3 nitrogen and oxygen atoms in total. The van der Waals surface area contributed by atoms with Crippen molar-refractivity contribution < 1.29 is 9.90 Å². The molecular formula is C16H21NO2. The van der Waals surface area contributed by atoms with E-state index in [2.05, 4.69) is 29.6 Å². The molecule has 1 aliphatic carbocycles. The molecule has 19 heavy (non-hydrogen) atoms. The van der Waals surface area contributed by atoms with Gasteiger partial charge in [0.05, 0.1) is 5.92 Å². The van der Waals surface area contributed by atoms with E-state index in [4.69, 9.17) is 5.11 Å². The van der Waals surface area contributed by atoms with E-state index in [0.29, 0.717) is 5.92 Å². The van der Waals surface area contributed by atoms with Gasteiger partial charge in [-0.1, -0.05) is 48.9 Å². The van der Waals surface area contributed by atoms with Crippen LogP contribution in [0.15, 0.2) is 36.4 Å². The van der Waals surface area contributed by atoms with Crippen LogP contribution in [0.3, 0.4) is 0 Å². The first kappa shape index (κ1) is 13.8. The topological polar surface area (TPSA) is 49.3 Å². The summed E-state index contributed by atoms with van der Waals surface area (Å²) in [4.78, 5) is 11.0. The third-order valence-electron chi connectivity index (χ3n) is 3.75. The van der Waals surface area contributed by atoms with Crippen molar-refractivity contribution in [3.05, 3.63) is 42.0 Å². The monoisotopic (exact) mass is 259 g/mol. The van der Waals surface area contributed by atoms with Gasteiger partial charge in [0.15, 0.2) is 0 Å². The molecule has 2 unspecified atom stereocenters. The van der Waals surface area contributed by atoms with Gasteiger partial charge >= 0.3 is 5.97 Å². The molecule has 0 aromatic heterocycles. The van der Waals surface area contributed by atoms with Crippen LogP contribution >= 0.6 is 0 Å². The second kappa shape index (κ2) is 7.10. The van der Waals surface area contributed by atoms with Crippen LogP contribution in [0.1, 0.15) is 24.8 Å². The third-order valence-corrected chi connectivity index (χ3v) is 3.75. The van der Waals surface area contributed by atoms with Crippen molar-refractivity contribution >= 4 is 12.0 Å². The molecule has 0 saturated heterocycles. The van der Waals surface area contributed by atoms with Crippen LogP contribution in [0, 0.1) is 11.8 Å². The molecule has 102 valence electrons. The number of hydrogen-bond acceptors (Lipinski definition) is 2. The Morgan fingerprint density at radius 1 is 1.32 bits per heavy atom. The maximum atomic E-state index is 11.0. The van der Waals surface area contributed by atoms with E-state index in [1.807, 2.05) is 18.2 Å². The van der Waals surface area contributed by atoms with E-state index in [9.17, 15) is 4.79 Å². The molecule has 1 aromatic carbocycles. The van der Waals surface area contributed by atoms with E-state index in [-0.39, 0.29) is 5.92 Å². The van der Waals surface area contributed by atoms with Crippen LogP contribution in [0.4, 0.5) is 0 Å². The first-order valence-corrected chi connectivity index (χ1v) is 6.92. The third kappa shape index (κ3) is 4.21. The number of carboxylic acid groups (broad SMARTS) is 1. The lowest BCUT2D eigenvalue weighted by molar-refractivity contribution is -0.142. The van der Waals surface area contributed by atoms with Crippen molar-refractivity contribution in [3.8, 4) is 0 Å². The van der Waals surface area contributed by atoms with Gasteiger partial charge in [0, 0.05) is 6.54 Å². The quantitative estimate of drug-likeness (QED) is 0.772. The van der Waals surface area contributed by atoms with Crippen molar-refractivity contribution in [2.45, 2.75) is 19.3 Å². The SMILES string of the molecule is O=C(O)C1CCCC1CNC/C=C/c1ccccc1. The van der Waals surface area contributed by atoms with Crippen LogP contribution in [-0.2, 0) is 4.79 Å². The summed E-state index contributed by atoms with van der Waals surface area (Å²) in [6.45, 7) is 1.59. The maximum absolute atomic E-state index is 11.0. The first-order chi connectivity index (χ1) is 9.27. The van der Waals surface area contributed by atoms with Gasteiger partial charge in [-0.3, -0.25) is 4.79 Å². The highest BCUT2D eigenvalue weighted by molar-refractivity contribution is 5.70. The molecule has 1 saturated carbocycles. The van der Waals surface area contributed by atoms with Crippen LogP contribution in [0.2, 0.25) is 0 Å². The Bertz CT molecular complexity index is 428. The molecule has 0 radical (unpaired) electrons. The molecule has 3 heteroatoms. The average molecular weight is 259 g/mol. The first-order valence-electron chi connectivity index (χ1n) is 6.92. The summed E-state index contributed by atoms with van der Waals surface area (Å²) in [5, 5.41) is 12.4. The molecule has 2 N–H and O–H groups in total. The average Bonchev–Trinajstić information content (AvgIpc) is 2.88. The number of rotatable bonds is 6. The molecule has 0 aliphatic heterocycles. The van der Waals surface area contributed by atoms with Crippen molar-refractivity contribution in [2.75, 3.05) is 13.1 Å². The zero-order valence-electron chi connectivity index (χ0n) is 11.1. The lowest BCUT2D eigenvalue weighted by atomic mass is 9.96. The number of benzene rings is 1. The molecule has 1 aromatic rings. The molecule has 1 aliphatic rings. The summed E-state index contributed by atoms with van der Waals surface area (Å²) >= 11 is 0. The second-order valence-corrected chi connectivity index (χ2v) is 5.11. The molecule has 1 fully saturated rings. The van der Waals surface area contributed by atoms with Crippen LogP contribution in [0.25, 0.3) is 6.08 Å². The van der Waals surface area contributed by atoms with Crippen LogP contribution in [0.5, 0.6) is 0 Å². The summed E-state index contributed by atoms with van der Waals surface area (Å²) in [5.74, 6) is -0.489. The molecule has 2 rings (SSSR count). The second-order valence-electron chi connectivity index (χ2n) is 5.11. The fraction of sp³-hybridized carbons (Fsp3) is 0.438. The fourth-order valence-corrected chi connectivity index (χ4v) is 2.72. The lowest BCUT2D eigenvalue weighted by Gasteiger charge is -2.15. The maximum Gasteiger partial charge on any atom is 0.306 e.